The Bertz CT molecular complexity index is 418. The summed E-state index contributed by atoms with van der Waals surface area (Å²) in [6.07, 6.45) is 6.69. The molecule has 4 N–H and O–H groups in total. The maximum absolute atomic E-state index is 5.80. The fourth-order valence-electron chi connectivity index (χ4n) is 3.37. The van der Waals surface area contributed by atoms with Gasteiger partial charge < -0.3 is 16.4 Å². The van der Waals surface area contributed by atoms with Crippen molar-refractivity contribution in [3.05, 3.63) is 12.1 Å². The maximum atomic E-state index is 5.80. The Kier molecular flexibility index (Phi) is 2.57. The van der Waals surface area contributed by atoms with Crippen molar-refractivity contribution in [1.29, 1.82) is 0 Å². The van der Waals surface area contributed by atoms with Crippen molar-refractivity contribution in [3.8, 4) is 0 Å². The van der Waals surface area contributed by atoms with Gasteiger partial charge >= 0.3 is 0 Å². The molecule has 0 bridgehead atoms. The second-order valence-electron chi connectivity index (χ2n) is 5.24. The molecule has 1 saturated heterocycles. The van der Waals surface area contributed by atoms with Gasteiger partial charge in [0.25, 0.3) is 0 Å². The van der Waals surface area contributed by atoms with Crippen molar-refractivity contribution in [2.45, 2.75) is 38.1 Å². The number of rotatable bonds is 1. The topological polar surface area (TPSA) is 68.2 Å². The van der Waals surface area contributed by atoms with Crippen molar-refractivity contribution >= 4 is 17.3 Å². The summed E-state index contributed by atoms with van der Waals surface area (Å²) in [7, 11) is 0. The highest BCUT2D eigenvalue weighted by Gasteiger charge is 2.35. The summed E-state index contributed by atoms with van der Waals surface area (Å²) in [5.41, 5.74) is 12.1. The number of nitrogens with zero attached hydrogens (tertiary/aromatic N) is 2. The Morgan fingerprint density at radius 1 is 1.12 bits per heavy atom. The highest BCUT2D eigenvalue weighted by Crippen LogP contribution is 2.38. The molecule has 1 saturated carbocycles. The number of fused-ring (bicyclic) bond motifs is 1. The fraction of sp³-hybridized carbons (Fsp3) is 0.615. The normalized spacial score (nSPS) is 28.1. The van der Waals surface area contributed by atoms with Gasteiger partial charge in [0.1, 0.15) is 11.6 Å². The molecule has 1 aliphatic heterocycles. The SMILES string of the molecule is Nc1ccc(N2CCCC3CCCC32)nc1N. The lowest BCUT2D eigenvalue weighted by atomic mass is 9.92. The third kappa shape index (κ3) is 1.81. The molecule has 0 aromatic carbocycles. The lowest BCUT2D eigenvalue weighted by Crippen LogP contribution is -2.43. The van der Waals surface area contributed by atoms with Crippen molar-refractivity contribution in [2.75, 3.05) is 22.9 Å². The van der Waals surface area contributed by atoms with Crippen LogP contribution in [-0.4, -0.2) is 17.6 Å². The number of nitrogen functional groups attached to an aromatic ring is 2. The monoisotopic (exact) mass is 232 g/mol. The Morgan fingerprint density at radius 2 is 1.94 bits per heavy atom. The minimum Gasteiger partial charge on any atom is -0.396 e. The van der Waals surface area contributed by atoms with Gasteiger partial charge in [-0.25, -0.2) is 4.98 Å². The molecule has 1 aliphatic carbocycles. The number of hydrogen-bond donors (Lipinski definition) is 2. The highest BCUT2D eigenvalue weighted by molar-refractivity contribution is 5.62. The molecule has 1 aromatic rings. The Balaban J connectivity index is 1.89. The summed E-state index contributed by atoms with van der Waals surface area (Å²) in [5.74, 6) is 2.33. The van der Waals surface area contributed by atoms with Gasteiger partial charge in [-0.05, 0) is 43.7 Å². The largest absolute Gasteiger partial charge is 0.396 e. The highest BCUT2D eigenvalue weighted by atomic mass is 15.2. The van der Waals surface area contributed by atoms with E-state index in [-0.39, 0.29) is 0 Å². The minimum atomic E-state index is 0.461. The Morgan fingerprint density at radius 3 is 2.76 bits per heavy atom. The molecule has 2 atom stereocenters. The number of aromatic nitrogens is 1. The number of hydrogen-bond acceptors (Lipinski definition) is 4. The van der Waals surface area contributed by atoms with Gasteiger partial charge in [-0.1, -0.05) is 6.42 Å². The van der Waals surface area contributed by atoms with E-state index in [0.717, 1.165) is 18.3 Å². The second-order valence-corrected chi connectivity index (χ2v) is 5.24. The van der Waals surface area contributed by atoms with Gasteiger partial charge in [-0.15, -0.1) is 0 Å². The third-order valence-electron chi connectivity index (χ3n) is 4.23. The number of anilines is 3. The Labute approximate surface area is 102 Å². The first-order valence-electron chi connectivity index (χ1n) is 6.54. The van der Waals surface area contributed by atoms with Crippen molar-refractivity contribution < 1.29 is 0 Å². The van der Waals surface area contributed by atoms with Gasteiger partial charge in [0.15, 0.2) is 0 Å². The zero-order valence-electron chi connectivity index (χ0n) is 10.1. The van der Waals surface area contributed by atoms with Crippen molar-refractivity contribution in [3.63, 3.8) is 0 Å². The molecule has 2 unspecified atom stereocenters. The van der Waals surface area contributed by atoms with E-state index in [1.165, 1.54) is 32.1 Å². The molecular formula is C13H20N4. The van der Waals surface area contributed by atoms with Crippen molar-refractivity contribution in [2.24, 2.45) is 5.92 Å². The summed E-state index contributed by atoms with van der Waals surface area (Å²) in [5, 5.41) is 0. The van der Waals surface area contributed by atoms with Crippen LogP contribution in [0.15, 0.2) is 12.1 Å². The summed E-state index contributed by atoms with van der Waals surface area (Å²) in [6, 6.07) is 4.56. The van der Waals surface area contributed by atoms with Gasteiger partial charge in [-0.2, -0.15) is 0 Å². The molecule has 0 radical (unpaired) electrons. The molecule has 92 valence electrons. The summed E-state index contributed by atoms with van der Waals surface area (Å²) < 4.78 is 0. The molecule has 4 nitrogen and oxygen atoms in total. The third-order valence-corrected chi connectivity index (χ3v) is 4.23. The molecule has 2 heterocycles. The average Bonchev–Trinajstić information content (AvgIpc) is 2.80. The van der Waals surface area contributed by atoms with Crippen molar-refractivity contribution in [1.82, 2.24) is 4.98 Å². The van der Waals surface area contributed by atoms with Crippen LogP contribution in [0.4, 0.5) is 17.3 Å². The summed E-state index contributed by atoms with van der Waals surface area (Å²) >= 11 is 0. The zero-order valence-corrected chi connectivity index (χ0v) is 10.1. The predicted octanol–water partition coefficient (Wildman–Crippen LogP) is 2.01. The van der Waals surface area contributed by atoms with Crippen LogP contribution in [-0.2, 0) is 0 Å². The van der Waals surface area contributed by atoms with Crippen LogP contribution in [0.2, 0.25) is 0 Å². The summed E-state index contributed by atoms with van der Waals surface area (Å²) in [6.45, 7) is 1.11. The van der Waals surface area contributed by atoms with Crippen LogP contribution in [0.3, 0.4) is 0 Å². The van der Waals surface area contributed by atoms with Crippen LogP contribution in [0, 0.1) is 5.92 Å². The van der Waals surface area contributed by atoms with Gasteiger partial charge in [0.2, 0.25) is 0 Å². The lowest BCUT2D eigenvalue weighted by molar-refractivity contribution is 0.360. The predicted molar refractivity (Wildman–Crippen MR) is 70.8 cm³/mol. The van der Waals surface area contributed by atoms with E-state index >= 15 is 0 Å². The molecular weight excluding hydrogens is 212 g/mol. The first-order chi connectivity index (χ1) is 8.25. The smallest absolute Gasteiger partial charge is 0.149 e. The van der Waals surface area contributed by atoms with E-state index in [4.69, 9.17) is 11.5 Å². The molecule has 3 rings (SSSR count). The Hall–Kier alpha value is -1.45. The van der Waals surface area contributed by atoms with Crippen LogP contribution in [0.1, 0.15) is 32.1 Å². The standard InChI is InChI=1S/C13H20N4/c14-10-6-7-12(16-13(10)15)17-8-2-4-9-3-1-5-11(9)17/h6-7,9,11H,1-5,8,14H2,(H2,15,16). The molecule has 2 aliphatic rings. The molecule has 2 fully saturated rings. The van der Waals surface area contributed by atoms with E-state index in [9.17, 15) is 0 Å². The first kappa shape index (κ1) is 10.7. The second kappa shape index (κ2) is 4.09. The molecule has 1 aromatic heterocycles. The molecule has 0 spiro atoms. The lowest BCUT2D eigenvalue weighted by Gasteiger charge is -2.38. The molecule has 4 heteroatoms. The van der Waals surface area contributed by atoms with Crippen LogP contribution in [0.5, 0.6) is 0 Å². The number of pyridine rings is 1. The fourth-order valence-corrected chi connectivity index (χ4v) is 3.37. The van der Waals surface area contributed by atoms with E-state index in [0.29, 0.717) is 17.5 Å². The van der Waals surface area contributed by atoms with E-state index in [2.05, 4.69) is 9.88 Å². The van der Waals surface area contributed by atoms with Crippen LogP contribution < -0.4 is 16.4 Å². The maximum Gasteiger partial charge on any atom is 0.149 e. The van der Waals surface area contributed by atoms with Gasteiger partial charge in [0.05, 0.1) is 5.69 Å². The van der Waals surface area contributed by atoms with Gasteiger partial charge in [0, 0.05) is 12.6 Å². The van der Waals surface area contributed by atoms with Gasteiger partial charge in [-0.3, -0.25) is 0 Å². The summed E-state index contributed by atoms with van der Waals surface area (Å²) in [4.78, 5) is 6.88. The van der Waals surface area contributed by atoms with E-state index in [1.807, 2.05) is 12.1 Å². The number of nitrogens with two attached hydrogens (primary N) is 2. The van der Waals surface area contributed by atoms with E-state index in [1.54, 1.807) is 0 Å². The van der Waals surface area contributed by atoms with Crippen LogP contribution >= 0.6 is 0 Å². The quantitative estimate of drug-likeness (QED) is 0.777. The molecule has 0 amide bonds. The first-order valence-corrected chi connectivity index (χ1v) is 6.54. The average molecular weight is 232 g/mol. The zero-order chi connectivity index (χ0) is 11.8. The molecule has 17 heavy (non-hydrogen) atoms. The number of piperidine rings is 1. The minimum absolute atomic E-state index is 0.461. The van der Waals surface area contributed by atoms with E-state index < -0.39 is 0 Å². The van der Waals surface area contributed by atoms with Crippen LogP contribution in [0.25, 0.3) is 0 Å².